The molecule has 2 N–H and O–H groups in total. The average molecular weight is 303 g/mol. The molecule has 0 unspecified atom stereocenters. The van der Waals surface area contributed by atoms with E-state index in [4.69, 9.17) is 5.11 Å². The topological polar surface area (TPSA) is 54.3 Å². The molecule has 0 aliphatic carbocycles. The molecule has 1 amide bonds. The summed E-state index contributed by atoms with van der Waals surface area (Å²) in [6, 6.07) is 1.83. The van der Waals surface area contributed by atoms with E-state index in [0.29, 0.717) is 12.2 Å². The largest absolute Gasteiger partial charge is 0.396 e. The van der Waals surface area contributed by atoms with Crippen molar-refractivity contribution in [3.8, 4) is 0 Å². The van der Waals surface area contributed by atoms with Gasteiger partial charge in [-0.3, -0.25) is 4.79 Å². The maximum Gasteiger partial charge on any atom is 0.267 e. The Hall–Kier alpha value is -0.810. The van der Waals surface area contributed by atoms with Gasteiger partial charge in [0, 0.05) is 30.4 Å². The van der Waals surface area contributed by atoms with E-state index >= 15 is 0 Å². The Kier molecular flexibility index (Phi) is 6.29. The Balaban J connectivity index is 2.55. The van der Waals surface area contributed by atoms with Crippen molar-refractivity contribution in [1.29, 1.82) is 0 Å². The fraction of sp³-hybridized carbons (Fsp3) is 0.583. The summed E-state index contributed by atoms with van der Waals surface area (Å²) in [4.78, 5) is 11.9. The highest BCUT2D eigenvalue weighted by molar-refractivity contribution is 9.10. The number of hydrogen-bond acceptors (Lipinski definition) is 2. The minimum absolute atomic E-state index is 0.0536. The van der Waals surface area contributed by atoms with E-state index in [0.717, 1.165) is 30.3 Å². The second kappa shape index (κ2) is 7.50. The van der Waals surface area contributed by atoms with Crippen molar-refractivity contribution in [2.45, 2.75) is 32.7 Å². The van der Waals surface area contributed by atoms with Gasteiger partial charge in [0.25, 0.3) is 5.91 Å². The molecule has 0 bridgehead atoms. The van der Waals surface area contributed by atoms with Crippen molar-refractivity contribution < 1.29 is 9.90 Å². The number of carbonyl (C=O) groups is 1. The molecule has 0 aromatic carbocycles. The Morgan fingerprint density at radius 2 is 2.29 bits per heavy atom. The summed E-state index contributed by atoms with van der Waals surface area (Å²) in [5, 5.41) is 11.5. The minimum atomic E-state index is -0.0536. The fourth-order valence-corrected chi connectivity index (χ4v) is 2.08. The molecular weight excluding hydrogens is 284 g/mol. The summed E-state index contributed by atoms with van der Waals surface area (Å²) in [6.07, 6.45) is 4.44. The van der Waals surface area contributed by atoms with Gasteiger partial charge in [0.15, 0.2) is 0 Å². The van der Waals surface area contributed by atoms with E-state index in [1.54, 1.807) is 0 Å². The van der Waals surface area contributed by atoms with Crippen LogP contribution in [-0.2, 0) is 6.54 Å². The van der Waals surface area contributed by atoms with Crippen LogP contribution in [0, 0.1) is 0 Å². The molecule has 1 aromatic rings. The first kappa shape index (κ1) is 14.3. The number of aliphatic hydroxyl groups is 1. The highest BCUT2D eigenvalue weighted by Crippen LogP contribution is 2.15. The lowest BCUT2D eigenvalue weighted by Gasteiger charge is -2.08. The van der Waals surface area contributed by atoms with Crippen molar-refractivity contribution in [3.63, 3.8) is 0 Å². The summed E-state index contributed by atoms with van der Waals surface area (Å²) >= 11 is 3.38. The van der Waals surface area contributed by atoms with E-state index in [9.17, 15) is 4.79 Å². The minimum Gasteiger partial charge on any atom is -0.396 e. The maximum absolute atomic E-state index is 11.9. The third kappa shape index (κ3) is 4.52. The van der Waals surface area contributed by atoms with Crippen LogP contribution < -0.4 is 5.32 Å². The van der Waals surface area contributed by atoms with Gasteiger partial charge in [0.05, 0.1) is 0 Å². The molecule has 0 atom stereocenters. The van der Waals surface area contributed by atoms with E-state index in [-0.39, 0.29) is 12.5 Å². The lowest BCUT2D eigenvalue weighted by molar-refractivity contribution is 0.0942. The van der Waals surface area contributed by atoms with Crippen LogP contribution in [0.2, 0.25) is 0 Å². The predicted molar refractivity (Wildman–Crippen MR) is 71.1 cm³/mol. The first-order valence-electron chi connectivity index (χ1n) is 5.93. The number of aliphatic hydroxyl groups excluding tert-OH is 1. The molecule has 0 aliphatic rings. The molecule has 4 nitrogen and oxygen atoms in total. The monoisotopic (exact) mass is 302 g/mol. The first-order valence-corrected chi connectivity index (χ1v) is 6.73. The van der Waals surface area contributed by atoms with Crippen LogP contribution in [0.5, 0.6) is 0 Å². The molecule has 1 aromatic heterocycles. The number of carbonyl (C=O) groups excluding carboxylic acids is 1. The first-order chi connectivity index (χ1) is 8.19. The van der Waals surface area contributed by atoms with Crippen molar-refractivity contribution >= 4 is 21.8 Å². The van der Waals surface area contributed by atoms with Gasteiger partial charge in [-0.05, 0) is 41.3 Å². The van der Waals surface area contributed by atoms with E-state index in [2.05, 4.69) is 28.2 Å². The number of aryl methyl sites for hydroxylation is 1. The Bertz CT molecular complexity index is 363. The molecule has 0 spiro atoms. The quantitative estimate of drug-likeness (QED) is 0.759. The highest BCUT2D eigenvalue weighted by atomic mass is 79.9. The van der Waals surface area contributed by atoms with Gasteiger partial charge in [0.2, 0.25) is 0 Å². The van der Waals surface area contributed by atoms with Crippen LogP contribution in [0.4, 0.5) is 0 Å². The zero-order chi connectivity index (χ0) is 12.7. The highest BCUT2D eigenvalue weighted by Gasteiger charge is 2.11. The Labute approximate surface area is 110 Å². The zero-order valence-corrected chi connectivity index (χ0v) is 11.7. The number of amides is 1. The van der Waals surface area contributed by atoms with Crippen molar-refractivity contribution in [2.24, 2.45) is 0 Å². The molecule has 0 fully saturated rings. The van der Waals surface area contributed by atoms with Crippen LogP contribution in [0.3, 0.4) is 0 Å². The second-order valence-electron chi connectivity index (χ2n) is 3.92. The SMILES string of the molecule is CCCn1cc(Br)cc1C(=O)NCCCCO. The summed E-state index contributed by atoms with van der Waals surface area (Å²) in [5.74, 6) is -0.0536. The molecule has 1 rings (SSSR count). The molecule has 96 valence electrons. The molecule has 17 heavy (non-hydrogen) atoms. The number of rotatable bonds is 7. The maximum atomic E-state index is 11.9. The van der Waals surface area contributed by atoms with Gasteiger partial charge >= 0.3 is 0 Å². The fourth-order valence-electron chi connectivity index (χ4n) is 1.62. The van der Waals surface area contributed by atoms with Crippen LogP contribution in [-0.4, -0.2) is 28.7 Å². The van der Waals surface area contributed by atoms with Crippen molar-refractivity contribution in [3.05, 3.63) is 22.4 Å². The number of unbranched alkanes of at least 4 members (excludes halogenated alkanes) is 1. The lowest BCUT2D eigenvalue weighted by atomic mass is 10.3. The number of aromatic nitrogens is 1. The summed E-state index contributed by atoms with van der Waals surface area (Å²) in [6.45, 7) is 3.70. The van der Waals surface area contributed by atoms with Crippen molar-refractivity contribution in [2.75, 3.05) is 13.2 Å². The molecular formula is C12H19BrN2O2. The summed E-state index contributed by atoms with van der Waals surface area (Å²) in [7, 11) is 0. The van der Waals surface area contributed by atoms with Gasteiger partial charge in [-0.15, -0.1) is 0 Å². The van der Waals surface area contributed by atoms with E-state index in [1.165, 1.54) is 0 Å². The van der Waals surface area contributed by atoms with Crippen LogP contribution in [0.1, 0.15) is 36.7 Å². The normalized spacial score (nSPS) is 10.5. The molecule has 0 radical (unpaired) electrons. The van der Waals surface area contributed by atoms with Crippen LogP contribution >= 0.6 is 15.9 Å². The Morgan fingerprint density at radius 1 is 1.53 bits per heavy atom. The smallest absolute Gasteiger partial charge is 0.267 e. The number of nitrogens with one attached hydrogen (secondary N) is 1. The third-order valence-corrected chi connectivity index (χ3v) is 2.86. The van der Waals surface area contributed by atoms with Gasteiger partial charge in [0.1, 0.15) is 5.69 Å². The van der Waals surface area contributed by atoms with Crippen LogP contribution in [0.15, 0.2) is 16.7 Å². The van der Waals surface area contributed by atoms with Gasteiger partial charge in [-0.2, -0.15) is 0 Å². The molecule has 0 saturated carbocycles. The lowest BCUT2D eigenvalue weighted by Crippen LogP contribution is -2.26. The Morgan fingerprint density at radius 3 is 2.94 bits per heavy atom. The van der Waals surface area contributed by atoms with Crippen LogP contribution in [0.25, 0.3) is 0 Å². The molecule has 0 saturated heterocycles. The number of halogens is 1. The van der Waals surface area contributed by atoms with Gasteiger partial charge in [-0.25, -0.2) is 0 Å². The molecule has 1 heterocycles. The number of nitrogens with zero attached hydrogens (tertiary/aromatic N) is 1. The van der Waals surface area contributed by atoms with E-state index < -0.39 is 0 Å². The number of hydrogen-bond donors (Lipinski definition) is 2. The summed E-state index contributed by atoms with van der Waals surface area (Å²) in [5.41, 5.74) is 0.683. The van der Waals surface area contributed by atoms with Crippen molar-refractivity contribution in [1.82, 2.24) is 9.88 Å². The second-order valence-corrected chi connectivity index (χ2v) is 4.84. The average Bonchev–Trinajstić information content (AvgIpc) is 2.66. The van der Waals surface area contributed by atoms with Gasteiger partial charge < -0.3 is 15.0 Å². The zero-order valence-electron chi connectivity index (χ0n) is 10.1. The third-order valence-electron chi connectivity index (χ3n) is 2.43. The van der Waals surface area contributed by atoms with E-state index in [1.807, 2.05) is 16.8 Å². The standard InChI is InChI=1S/C12H19BrN2O2/c1-2-6-15-9-10(13)8-11(15)12(17)14-5-3-4-7-16/h8-9,16H,2-7H2,1H3,(H,14,17). The molecule has 0 aliphatic heterocycles. The molecule has 5 heteroatoms. The predicted octanol–water partition coefficient (Wildman–Crippen LogP) is 2.16. The summed E-state index contributed by atoms with van der Waals surface area (Å²) < 4.78 is 2.87. The van der Waals surface area contributed by atoms with Gasteiger partial charge in [-0.1, -0.05) is 6.92 Å².